The van der Waals surface area contributed by atoms with Crippen molar-refractivity contribution < 1.29 is 23.9 Å². The first-order chi connectivity index (χ1) is 16.5. The van der Waals surface area contributed by atoms with Crippen LogP contribution in [-0.4, -0.2) is 55.5 Å². The van der Waals surface area contributed by atoms with Crippen LogP contribution in [0.2, 0.25) is 0 Å². The Kier molecular flexibility index (Phi) is 13.1. The lowest BCUT2D eigenvalue weighted by Crippen LogP contribution is -2.58. The molecule has 1 N–H and O–H groups in total. The summed E-state index contributed by atoms with van der Waals surface area (Å²) in [4.78, 5) is 39.2. The second-order valence-corrected chi connectivity index (χ2v) is 9.03. The molecule has 1 saturated heterocycles. The Morgan fingerprint density at radius 1 is 0.971 bits per heavy atom. The van der Waals surface area contributed by atoms with Gasteiger partial charge in [-0.2, -0.15) is 0 Å². The van der Waals surface area contributed by atoms with Crippen molar-refractivity contribution in [2.45, 2.75) is 90.0 Å². The summed E-state index contributed by atoms with van der Waals surface area (Å²) in [6.45, 7) is 3.37. The van der Waals surface area contributed by atoms with Crippen molar-refractivity contribution in [3.8, 4) is 5.75 Å². The van der Waals surface area contributed by atoms with Crippen LogP contribution in [0.25, 0.3) is 0 Å². The molecule has 1 aliphatic rings. The van der Waals surface area contributed by atoms with E-state index in [1.54, 1.807) is 19.2 Å². The van der Waals surface area contributed by atoms with Crippen LogP contribution in [0, 0.1) is 0 Å². The third-order valence-corrected chi connectivity index (χ3v) is 6.29. The van der Waals surface area contributed by atoms with Crippen LogP contribution in [0.5, 0.6) is 5.75 Å². The maximum Gasteiger partial charge on any atom is 0.308 e. The van der Waals surface area contributed by atoms with E-state index in [4.69, 9.17) is 9.47 Å². The van der Waals surface area contributed by atoms with Gasteiger partial charge in [-0.05, 0) is 24.1 Å². The Hall–Kier alpha value is -2.57. The fourth-order valence-electron chi connectivity index (χ4n) is 4.23. The molecule has 2 rings (SSSR count). The lowest BCUT2D eigenvalue weighted by molar-refractivity contribution is -0.151. The van der Waals surface area contributed by atoms with Crippen molar-refractivity contribution in [3.63, 3.8) is 0 Å². The van der Waals surface area contributed by atoms with Crippen LogP contribution in [0.1, 0.15) is 83.1 Å². The lowest BCUT2D eigenvalue weighted by atomic mass is 10.1. The van der Waals surface area contributed by atoms with E-state index in [9.17, 15) is 14.4 Å². The van der Waals surface area contributed by atoms with E-state index < -0.39 is 12.0 Å². The van der Waals surface area contributed by atoms with Crippen LogP contribution in [0.15, 0.2) is 24.3 Å². The lowest BCUT2D eigenvalue weighted by Gasteiger charge is -2.34. The standard InChI is InChI=1S/C27H42N2O5/c1-3-4-5-6-7-8-9-10-11-12-19-34-26(31)21-24-27(32)28-17-18-29(24)25(30)20-22-13-15-23(33-2)16-14-22/h13-16,24H,3-12,17-21H2,1-2H3,(H,28,32). The Morgan fingerprint density at radius 3 is 2.21 bits per heavy atom. The molecule has 0 saturated carbocycles. The highest BCUT2D eigenvalue weighted by Gasteiger charge is 2.35. The molecule has 1 aromatic rings. The Morgan fingerprint density at radius 2 is 1.59 bits per heavy atom. The fraction of sp³-hybridized carbons (Fsp3) is 0.667. The molecule has 1 heterocycles. The van der Waals surface area contributed by atoms with E-state index in [0.29, 0.717) is 19.7 Å². The van der Waals surface area contributed by atoms with E-state index in [1.807, 2.05) is 12.1 Å². The molecule has 1 fully saturated rings. The van der Waals surface area contributed by atoms with Crippen molar-refractivity contribution in [3.05, 3.63) is 29.8 Å². The van der Waals surface area contributed by atoms with Crippen LogP contribution < -0.4 is 10.1 Å². The largest absolute Gasteiger partial charge is 0.497 e. The summed E-state index contributed by atoms with van der Waals surface area (Å²) in [5.74, 6) is -0.186. The summed E-state index contributed by atoms with van der Waals surface area (Å²) in [7, 11) is 1.59. The molecule has 190 valence electrons. The first-order valence-corrected chi connectivity index (χ1v) is 12.9. The topological polar surface area (TPSA) is 84.9 Å². The van der Waals surface area contributed by atoms with Crippen LogP contribution >= 0.6 is 0 Å². The quantitative estimate of drug-likeness (QED) is 0.283. The molecular weight excluding hydrogens is 432 g/mol. The zero-order chi connectivity index (χ0) is 24.6. The number of hydrogen-bond donors (Lipinski definition) is 1. The summed E-state index contributed by atoms with van der Waals surface area (Å²) < 4.78 is 10.5. The van der Waals surface area contributed by atoms with Gasteiger partial charge in [0.05, 0.1) is 26.6 Å². The molecule has 7 heteroatoms. The number of nitrogens with one attached hydrogen (secondary N) is 1. The minimum absolute atomic E-state index is 0.113. The van der Waals surface area contributed by atoms with Crippen molar-refractivity contribution in [1.82, 2.24) is 10.2 Å². The highest BCUT2D eigenvalue weighted by Crippen LogP contribution is 2.16. The third kappa shape index (κ3) is 10.1. The predicted octanol–water partition coefficient (Wildman–Crippen LogP) is 4.42. The van der Waals surface area contributed by atoms with Crippen molar-refractivity contribution in [2.24, 2.45) is 0 Å². The number of rotatable bonds is 16. The molecule has 2 amide bonds. The van der Waals surface area contributed by atoms with Gasteiger partial charge >= 0.3 is 5.97 Å². The zero-order valence-corrected chi connectivity index (χ0v) is 21.0. The number of nitrogens with zero attached hydrogens (tertiary/aromatic N) is 1. The van der Waals surface area contributed by atoms with E-state index >= 15 is 0 Å². The number of unbranched alkanes of at least 4 members (excludes halogenated alkanes) is 9. The van der Waals surface area contributed by atoms with Crippen LogP contribution in [0.3, 0.4) is 0 Å². The number of esters is 1. The van der Waals surface area contributed by atoms with Crippen LogP contribution in [-0.2, 0) is 25.5 Å². The summed E-state index contributed by atoms with van der Waals surface area (Å²) in [5.41, 5.74) is 0.832. The van der Waals surface area contributed by atoms with Gasteiger partial charge in [0.15, 0.2) is 0 Å². The Bertz CT molecular complexity index is 750. The van der Waals surface area contributed by atoms with Gasteiger partial charge in [-0.1, -0.05) is 76.8 Å². The van der Waals surface area contributed by atoms with E-state index in [-0.39, 0.29) is 24.7 Å². The average Bonchev–Trinajstić information content (AvgIpc) is 2.84. The number of benzene rings is 1. The predicted molar refractivity (Wildman–Crippen MR) is 133 cm³/mol. The second kappa shape index (κ2) is 16.1. The van der Waals surface area contributed by atoms with Gasteiger partial charge in [0.25, 0.3) is 0 Å². The number of carbonyl (C=O) groups is 3. The maximum atomic E-state index is 12.9. The summed E-state index contributed by atoms with van der Waals surface area (Å²) in [6, 6.07) is 6.44. The molecule has 34 heavy (non-hydrogen) atoms. The molecular formula is C27H42N2O5. The van der Waals surface area contributed by atoms with Crippen LogP contribution in [0.4, 0.5) is 0 Å². The first kappa shape index (κ1) is 27.7. The average molecular weight is 475 g/mol. The van der Waals surface area contributed by atoms with E-state index in [2.05, 4.69) is 12.2 Å². The monoisotopic (exact) mass is 474 g/mol. The number of ether oxygens (including phenoxy) is 2. The molecule has 1 aliphatic heterocycles. The molecule has 0 aliphatic carbocycles. The maximum absolute atomic E-state index is 12.9. The van der Waals surface area contributed by atoms with Gasteiger partial charge in [0.1, 0.15) is 11.8 Å². The smallest absolute Gasteiger partial charge is 0.308 e. The van der Waals surface area contributed by atoms with Gasteiger partial charge in [0.2, 0.25) is 11.8 Å². The third-order valence-electron chi connectivity index (χ3n) is 6.29. The number of methoxy groups -OCH3 is 1. The summed E-state index contributed by atoms with van der Waals surface area (Å²) >= 11 is 0. The van der Waals surface area contributed by atoms with Gasteiger partial charge < -0.3 is 19.7 Å². The first-order valence-electron chi connectivity index (χ1n) is 12.9. The number of carbonyl (C=O) groups excluding carboxylic acids is 3. The molecule has 0 radical (unpaired) electrons. The van der Waals surface area contributed by atoms with Gasteiger partial charge in [-0.15, -0.1) is 0 Å². The molecule has 1 unspecified atom stereocenters. The fourth-order valence-corrected chi connectivity index (χ4v) is 4.23. The highest BCUT2D eigenvalue weighted by atomic mass is 16.5. The molecule has 0 bridgehead atoms. The SMILES string of the molecule is CCCCCCCCCCCCOC(=O)CC1C(=O)NCCN1C(=O)Cc1ccc(OC)cc1. The zero-order valence-electron chi connectivity index (χ0n) is 21.0. The molecule has 0 spiro atoms. The molecule has 1 aromatic carbocycles. The second-order valence-electron chi connectivity index (χ2n) is 9.03. The Labute approximate surface area is 204 Å². The Balaban J connectivity index is 1.68. The van der Waals surface area contributed by atoms with E-state index in [0.717, 1.165) is 30.6 Å². The molecule has 7 nitrogen and oxygen atoms in total. The normalized spacial score (nSPS) is 15.6. The summed E-state index contributed by atoms with van der Waals surface area (Å²) in [5, 5.41) is 2.76. The molecule has 1 atom stereocenters. The van der Waals surface area contributed by atoms with Gasteiger partial charge in [0, 0.05) is 13.1 Å². The minimum Gasteiger partial charge on any atom is -0.497 e. The number of hydrogen-bond acceptors (Lipinski definition) is 5. The summed E-state index contributed by atoms with van der Waals surface area (Å²) in [6.07, 6.45) is 12.2. The number of piperazine rings is 1. The van der Waals surface area contributed by atoms with Crippen molar-refractivity contribution >= 4 is 17.8 Å². The number of amides is 2. The van der Waals surface area contributed by atoms with Crippen molar-refractivity contribution in [1.29, 1.82) is 0 Å². The van der Waals surface area contributed by atoms with Gasteiger partial charge in [-0.3, -0.25) is 14.4 Å². The highest BCUT2D eigenvalue weighted by molar-refractivity contribution is 5.92. The van der Waals surface area contributed by atoms with Crippen molar-refractivity contribution in [2.75, 3.05) is 26.8 Å². The molecule has 0 aromatic heterocycles. The minimum atomic E-state index is -0.820. The van der Waals surface area contributed by atoms with Gasteiger partial charge in [-0.25, -0.2) is 0 Å². The van der Waals surface area contributed by atoms with E-state index in [1.165, 1.54) is 49.8 Å².